The van der Waals surface area contributed by atoms with E-state index >= 15 is 0 Å². The molecule has 17 heavy (non-hydrogen) atoms. The molecule has 0 radical (unpaired) electrons. The molecule has 0 aliphatic heterocycles. The summed E-state index contributed by atoms with van der Waals surface area (Å²) in [6.45, 7) is 5.96. The lowest BCUT2D eigenvalue weighted by Crippen LogP contribution is -2.09. The van der Waals surface area contributed by atoms with Crippen molar-refractivity contribution in [3.63, 3.8) is 0 Å². The zero-order valence-electron chi connectivity index (χ0n) is 9.60. The van der Waals surface area contributed by atoms with Crippen LogP contribution in [0.25, 0.3) is 0 Å². The molecule has 0 unspecified atom stereocenters. The zero-order valence-corrected chi connectivity index (χ0v) is 11.2. The van der Waals surface area contributed by atoms with Crippen LogP contribution in [0.1, 0.15) is 5.56 Å². The summed E-state index contributed by atoms with van der Waals surface area (Å²) in [4.78, 5) is 6.07. The van der Waals surface area contributed by atoms with Crippen molar-refractivity contribution in [2.45, 2.75) is 6.92 Å². The van der Waals surface area contributed by atoms with Crippen LogP contribution in [0.4, 0.5) is 11.4 Å². The molecular formula is C14H13BrN2. The van der Waals surface area contributed by atoms with Gasteiger partial charge in [-0.05, 0) is 36.8 Å². The highest BCUT2D eigenvalue weighted by atomic mass is 79.9. The highest BCUT2D eigenvalue weighted by Gasteiger charge is 2.08. The van der Waals surface area contributed by atoms with Gasteiger partial charge in [0.05, 0.1) is 0 Å². The van der Waals surface area contributed by atoms with Crippen LogP contribution >= 0.6 is 15.9 Å². The fourth-order valence-electron chi connectivity index (χ4n) is 1.69. The number of aromatic nitrogens is 1. The average molecular weight is 289 g/mol. The number of benzene rings is 1. The number of nitrogens with zero attached hydrogens (tertiary/aromatic N) is 2. The van der Waals surface area contributed by atoms with Crippen LogP contribution in [0.3, 0.4) is 0 Å². The van der Waals surface area contributed by atoms with Gasteiger partial charge in [0.1, 0.15) is 0 Å². The molecule has 0 fully saturated rings. The Kier molecular flexibility index (Phi) is 3.59. The van der Waals surface area contributed by atoms with E-state index in [0.717, 1.165) is 15.8 Å². The van der Waals surface area contributed by atoms with Gasteiger partial charge in [-0.2, -0.15) is 0 Å². The molecule has 0 saturated heterocycles. The fourth-order valence-corrected chi connectivity index (χ4v) is 2.04. The molecule has 2 nitrogen and oxygen atoms in total. The van der Waals surface area contributed by atoms with Crippen LogP contribution in [0, 0.1) is 6.92 Å². The summed E-state index contributed by atoms with van der Waals surface area (Å²) in [5, 5.41) is 0. The first-order valence-corrected chi connectivity index (χ1v) is 6.09. The van der Waals surface area contributed by atoms with Crippen LogP contribution in [-0.4, -0.2) is 4.98 Å². The second kappa shape index (κ2) is 5.15. The van der Waals surface area contributed by atoms with E-state index in [1.807, 2.05) is 29.3 Å². The summed E-state index contributed by atoms with van der Waals surface area (Å²) in [7, 11) is 0. The Balaban J connectivity index is 2.49. The van der Waals surface area contributed by atoms with E-state index in [-0.39, 0.29) is 0 Å². The third-order valence-electron chi connectivity index (χ3n) is 2.55. The van der Waals surface area contributed by atoms with Gasteiger partial charge in [-0.3, -0.25) is 4.98 Å². The zero-order chi connectivity index (χ0) is 12.3. The lowest BCUT2D eigenvalue weighted by atomic mass is 10.1. The Labute approximate surface area is 110 Å². The van der Waals surface area contributed by atoms with Gasteiger partial charge >= 0.3 is 0 Å². The van der Waals surface area contributed by atoms with Gasteiger partial charge in [-0.15, -0.1) is 0 Å². The lowest BCUT2D eigenvalue weighted by molar-refractivity contribution is 1.22. The molecule has 0 aliphatic carbocycles. The molecule has 3 heteroatoms. The predicted octanol–water partition coefficient (Wildman–Crippen LogP) is 4.43. The molecular weight excluding hydrogens is 276 g/mol. The lowest BCUT2D eigenvalue weighted by Gasteiger charge is -2.22. The van der Waals surface area contributed by atoms with Gasteiger partial charge in [0.15, 0.2) is 0 Å². The molecule has 0 atom stereocenters. The van der Waals surface area contributed by atoms with E-state index in [2.05, 4.69) is 46.5 Å². The smallest absolute Gasteiger partial charge is 0.0495 e. The van der Waals surface area contributed by atoms with Gasteiger partial charge < -0.3 is 4.90 Å². The fraction of sp³-hybridized carbons (Fsp3) is 0.0714. The Bertz CT molecular complexity index is 523. The summed E-state index contributed by atoms with van der Waals surface area (Å²) in [5.74, 6) is 0. The maximum atomic E-state index is 4.03. The van der Waals surface area contributed by atoms with Crippen LogP contribution in [-0.2, 0) is 0 Å². The second-order valence-electron chi connectivity index (χ2n) is 3.69. The highest BCUT2D eigenvalue weighted by Crippen LogP contribution is 2.30. The third-order valence-corrected chi connectivity index (χ3v) is 3.05. The first kappa shape index (κ1) is 11.9. The minimum atomic E-state index is 1.05. The minimum Gasteiger partial charge on any atom is -0.317 e. The first-order chi connectivity index (χ1) is 8.22. The summed E-state index contributed by atoms with van der Waals surface area (Å²) in [6, 6.07) is 10.1. The third kappa shape index (κ3) is 2.56. The second-order valence-corrected chi connectivity index (χ2v) is 4.60. The van der Waals surface area contributed by atoms with Crippen molar-refractivity contribution < 1.29 is 0 Å². The topological polar surface area (TPSA) is 16.1 Å². The van der Waals surface area contributed by atoms with Crippen LogP contribution < -0.4 is 4.90 Å². The molecule has 0 aliphatic rings. The predicted molar refractivity (Wildman–Crippen MR) is 75.5 cm³/mol. The van der Waals surface area contributed by atoms with E-state index in [1.54, 1.807) is 12.4 Å². The summed E-state index contributed by atoms with van der Waals surface area (Å²) in [5.41, 5.74) is 3.36. The van der Waals surface area contributed by atoms with Crippen molar-refractivity contribution in [2.24, 2.45) is 0 Å². The monoisotopic (exact) mass is 288 g/mol. The number of hydrogen-bond donors (Lipinski definition) is 0. The van der Waals surface area contributed by atoms with Gasteiger partial charge in [-0.1, -0.05) is 28.6 Å². The van der Waals surface area contributed by atoms with Crippen LogP contribution in [0.15, 0.2) is 60.0 Å². The minimum absolute atomic E-state index is 1.05. The number of hydrogen-bond acceptors (Lipinski definition) is 2. The summed E-state index contributed by atoms with van der Waals surface area (Å²) in [6.07, 6.45) is 5.36. The average Bonchev–Trinajstić information content (AvgIpc) is 2.36. The Morgan fingerprint density at radius 3 is 2.59 bits per heavy atom. The van der Waals surface area contributed by atoms with E-state index in [1.165, 1.54) is 5.56 Å². The van der Waals surface area contributed by atoms with Crippen molar-refractivity contribution >= 4 is 27.3 Å². The Morgan fingerprint density at radius 2 is 1.94 bits per heavy atom. The number of aryl methyl sites for hydroxylation is 1. The summed E-state index contributed by atoms with van der Waals surface area (Å²) >= 11 is 3.49. The molecule has 0 N–H and O–H groups in total. The maximum Gasteiger partial charge on any atom is 0.0495 e. The van der Waals surface area contributed by atoms with Gasteiger partial charge in [0.25, 0.3) is 0 Å². The summed E-state index contributed by atoms with van der Waals surface area (Å²) < 4.78 is 1.05. The maximum absolute atomic E-state index is 4.03. The van der Waals surface area contributed by atoms with E-state index < -0.39 is 0 Å². The molecule has 0 amide bonds. The van der Waals surface area contributed by atoms with Crippen LogP contribution in [0.5, 0.6) is 0 Å². The van der Waals surface area contributed by atoms with E-state index in [4.69, 9.17) is 0 Å². The number of pyridine rings is 1. The molecule has 0 spiro atoms. The normalized spacial score (nSPS) is 10.0. The molecule has 86 valence electrons. The van der Waals surface area contributed by atoms with Crippen molar-refractivity contribution in [1.82, 2.24) is 4.98 Å². The molecule has 2 rings (SSSR count). The van der Waals surface area contributed by atoms with Gasteiger partial charge in [0, 0.05) is 34.4 Å². The van der Waals surface area contributed by atoms with Crippen molar-refractivity contribution in [1.29, 1.82) is 0 Å². The van der Waals surface area contributed by atoms with Crippen LogP contribution in [0.2, 0.25) is 0 Å². The van der Waals surface area contributed by atoms with Gasteiger partial charge in [0.2, 0.25) is 0 Å². The quantitative estimate of drug-likeness (QED) is 0.830. The van der Waals surface area contributed by atoms with E-state index in [0.29, 0.717) is 0 Å². The molecule has 1 heterocycles. The largest absolute Gasteiger partial charge is 0.317 e. The molecule has 1 aromatic heterocycles. The van der Waals surface area contributed by atoms with Crippen molar-refractivity contribution in [2.75, 3.05) is 4.90 Å². The Hall–Kier alpha value is -1.61. The van der Waals surface area contributed by atoms with Gasteiger partial charge in [-0.25, -0.2) is 0 Å². The SMILES string of the molecule is C=CN(c1ccncc1)c1cc(Br)ccc1C. The molecule has 2 aromatic rings. The number of rotatable bonds is 3. The molecule has 0 saturated carbocycles. The van der Waals surface area contributed by atoms with Crippen molar-refractivity contribution in [3.05, 3.63) is 65.5 Å². The van der Waals surface area contributed by atoms with Crippen molar-refractivity contribution in [3.8, 4) is 0 Å². The number of halogens is 1. The number of anilines is 2. The first-order valence-electron chi connectivity index (χ1n) is 5.30. The standard InChI is InChI=1S/C14H13BrN2/c1-3-17(13-6-8-16-9-7-13)14-10-12(15)5-4-11(14)2/h3-10H,1H2,2H3. The molecule has 0 bridgehead atoms. The Morgan fingerprint density at radius 1 is 1.24 bits per heavy atom. The highest BCUT2D eigenvalue weighted by molar-refractivity contribution is 9.10. The molecule has 1 aromatic carbocycles. The van der Waals surface area contributed by atoms with E-state index in [9.17, 15) is 0 Å².